The molecule has 0 aromatic rings. The zero-order chi connectivity index (χ0) is 13.7. The second-order valence-corrected chi connectivity index (χ2v) is 12.2. The van der Waals surface area contributed by atoms with Gasteiger partial charge in [-0.15, -0.1) is 0 Å². The van der Waals surface area contributed by atoms with E-state index in [0.29, 0.717) is 6.04 Å². The molecule has 0 rings (SSSR count). The number of hydrogen-bond acceptors (Lipinski definition) is 6. The summed E-state index contributed by atoms with van der Waals surface area (Å²) in [7, 11) is -10.3. The smallest absolute Gasteiger partial charge is 0.748 e. The van der Waals surface area contributed by atoms with Gasteiger partial charge in [0.2, 0.25) is 8.32 Å². The molecule has 0 N–H and O–H groups in total. The minimum atomic E-state index is -4.36. The number of hydrogen-bond donors (Lipinski definition) is 0. The Balaban J connectivity index is 0. The summed E-state index contributed by atoms with van der Waals surface area (Å²) >= 11 is 0. The molecular formula is C8H19LiO6S2Si. The van der Waals surface area contributed by atoms with E-state index in [2.05, 4.69) is 0 Å². The van der Waals surface area contributed by atoms with Gasteiger partial charge in [-0.2, -0.15) is 0 Å². The SMILES string of the molecule is CCC[Si](C)(C)OS(=O)(=O)CCCS(=O)(=O)[O-].[Li+]. The van der Waals surface area contributed by atoms with E-state index in [-0.39, 0.29) is 25.3 Å². The Morgan fingerprint density at radius 3 is 2.00 bits per heavy atom. The van der Waals surface area contributed by atoms with Gasteiger partial charge in [0.1, 0.15) is 0 Å². The van der Waals surface area contributed by atoms with Gasteiger partial charge in [-0.1, -0.05) is 13.3 Å². The normalized spacial score (nSPS) is 13.1. The summed E-state index contributed by atoms with van der Waals surface area (Å²) in [6.07, 6.45) is 0.619. The van der Waals surface area contributed by atoms with Crippen LogP contribution in [-0.4, -0.2) is 41.2 Å². The summed E-state index contributed by atoms with van der Waals surface area (Å²) in [5.74, 6) is -1.10. The first-order valence-electron chi connectivity index (χ1n) is 5.34. The predicted octanol–water partition coefficient (Wildman–Crippen LogP) is -2.11. The molecule has 0 radical (unpaired) electrons. The third-order valence-corrected chi connectivity index (χ3v) is 8.10. The van der Waals surface area contributed by atoms with Crippen molar-refractivity contribution in [1.29, 1.82) is 0 Å². The van der Waals surface area contributed by atoms with Crippen molar-refractivity contribution in [3.63, 3.8) is 0 Å². The standard InChI is InChI=1S/C8H20O6S2Si.Li/c1-4-8-17(2,3)14-16(12,13)7-5-6-15(9,10)11;/h4-8H2,1-3H3,(H,9,10,11);/q;+1/p-1. The van der Waals surface area contributed by atoms with Gasteiger partial charge in [0.15, 0.2) is 0 Å². The maximum Gasteiger partial charge on any atom is 1.00 e. The summed E-state index contributed by atoms with van der Waals surface area (Å²) in [5, 5.41) is 0. The van der Waals surface area contributed by atoms with E-state index < -0.39 is 40.1 Å². The van der Waals surface area contributed by atoms with Crippen LogP contribution < -0.4 is 18.9 Å². The fourth-order valence-corrected chi connectivity index (χ4v) is 7.24. The third kappa shape index (κ3) is 11.7. The van der Waals surface area contributed by atoms with E-state index in [4.69, 9.17) is 3.87 Å². The topological polar surface area (TPSA) is 101 Å². The van der Waals surface area contributed by atoms with Crippen LogP contribution >= 0.6 is 0 Å². The van der Waals surface area contributed by atoms with Gasteiger partial charge >= 0.3 is 18.9 Å². The van der Waals surface area contributed by atoms with Crippen molar-refractivity contribution in [2.24, 2.45) is 0 Å². The van der Waals surface area contributed by atoms with Crippen LogP contribution in [0.3, 0.4) is 0 Å². The van der Waals surface area contributed by atoms with Crippen molar-refractivity contribution in [1.82, 2.24) is 0 Å². The molecule has 0 bridgehead atoms. The Labute approximate surface area is 123 Å². The van der Waals surface area contributed by atoms with Crippen LogP contribution in [0.2, 0.25) is 19.1 Å². The zero-order valence-corrected chi connectivity index (χ0v) is 13.9. The summed E-state index contributed by atoms with van der Waals surface area (Å²) in [6.45, 7) is 5.52. The van der Waals surface area contributed by atoms with Crippen LogP contribution in [0.4, 0.5) is 0 Å². The van der Waals surface area contributed by atoms with E-state index in [1.807, 2.05) is 6.92 Å². The van der Waals surface area contributed by atoms with Crippen LogP contribution in [-0.2, 0) is 24.1 Å². The van der Waals surface area contributed by atoms with E-state index >= 15 is 0 Å². The molecule has 0 heterocycles. The average Bonchev–Trinajstić information content (AvgIpc) is 1.96. The molecule has 0 spiro atoms. The van der Waals surface area contributed by atoms with Crippen molar-refractivity contribution in [2.45, 2.75) is 38.9 Å². The Kier molecular flexibility index (Phi) is 9.35. The van der Waals surface area contributed by atoms with Crippen molar-refractivity contribution < 1.29 is 44.1 Å². The van der Waals surface area contributed by atoms with Gasteiger partial charge in [0.25, 0.3) is 10.1 Å². The molecule has 0 aliphatic heterocycles. The fourth-order valence-electron chi connectivity index (χ4n) is 1.44. The van der Waals surface area contributed by atoms with Crippen LogP contribution in [0.15, 0.2) is 0 Å². The molecule has 0 aromatic heterocycles. The first-order valence-corrected chi connectivity index (χ1v) is 11.6. The molecule has 0 aromatic carbocycles. The van der Waals surface area contributed by atoms with Crippen molar-refractivity contribution in [3.8, 4) is 0 Å². The maximum atomic E-state index is 11.5. The molecular weight excluding hydrogens is 291 g/mol. The second kappa shape index (κ2) is 8.04. The van der Waals surface area contributed by atoms with Crippen molar-refractivity contribution in [2.75, 3.05) is 11.5 Å². The van der Waals surface area contributed by atoms with E-state index in [1.165, 1.54) is 0 Å². The van der Waals surface area contributed by atoms with Gasteiger partial charge < -0.3 is 8.42 Å². The van der Waals surface area contributed by atoms with Crippen LogP contribution in [0.5, 0.6) is 0 Å². The van der Waals surface area contributed by atoms with Crippen LogP contribution in [0, 0.1) is 0 Å². The molecule has 104 valence electrons. The number of rotatable bonds is 8. The summed E-state index contributed by atoms with van der Waals surface area (Å²) in [6, 6.07) is 0.714. The molecule has 0 aliphatic rings. The molecule has 0 saturated carbocycles. The van der Waals surface area contributed by atoms with Gasteiger partial charge in [-0.25, -0.2) is 16.8 Å². The molecule has 0 unspecified atom stereocenters. The van der Waals surface area contributed by atoms with Gasteiger partial charge in [-0.3, -0.25) is 0 Å². The largest absolute Gasteiger partial charge is 1.00 e. The van der Waals surface area contributed by atoms with E-state index in [0.717, 1.165) is 6.42 Å². The Morgan fingerprint density at radius 2 is 1.61 bits per heavy atom. The van der Waals surface area contributed by atoms with Gasteiger partial charge in [0.05, 0.1) is 15.9 Å². The average molecular weight is 310 g/mol. The van der Waals surface area contributed by atoms with Crippen LogP contribution in [0.25, 0.3) is 0 Å². The first-order chi connectivity index (χ1) is 7.47. The first kappa shape index (κ1) is 20.9. The summed E-state index contributed by atoms with van der Waals surface area (Å²) < 4.78 is 59.1. The molecule has 0 aliphatic carbocycles. The maximum absolute atomic E-state index is 11.5. The summed E-state index contributed by atoms with van der Waals surface area (Å²) in [5.41, 5.74) is 0. The Hall–Kier alpha value is 0.634. The minimum Gasteiger partial charge on any atom is -0.748 e. The van der Waals surface area contributed by atoms with Crippen molar-refractivity contribution >= 4 is 28.6 Å². The predicted molar refractivity (Wildman–Crippen MR) is 66.6 cm³/mol. The molecule has 18 heavy (non-hydrogen) atoms. The van der Waals surface area contributed by atoms with Gasteiger partial charge in [0, 0.05) is 5.75 Å². The molecule has 0 amide bonds. The van der Waals surface area contributed by atoms with Crippen molar-refractivity contribution in [3.05, 3.63) is 0 Å². The summed E-state index contributed by atoms with van der Waals surface area (Å²) in [4.78, 5) is 0. The minimum absolute atomic E-state index is 0. The Bertz CT molecular complexity index is 431. The quantitative estimate of drug-likeness (QED) is 0.375. The third-order valence-electron chi connectivity index (χ3n) is 1.99. The van der Waals surface area contributed by atoms with E-state index in [1.54, 1.807) is 13.1 Å². The molecule has 0 saturated heterocycles. The monoisotopic (exact) mass is 310 g/mol. The van der Waals surface area contributed by atoms with Crippen LogP contribution in [0.1, 0.15) is 19.8 Å². The molecule has 6 nitrogen and oxygen atoms in total. The second-order valence-electron chi connectivity index (χ2n) is 4.47. The van der Waals surface area contributed by atoms with Gasteiger partial charge in [-0.05, 0) is 25.6 Å². The van der Waals surface area contributed by atoms with E-state index in [9.17, 15) is 21.4 Å². The Morgan fingerprint density at radius 1 is 1.11 bits per heavy atom. The fraction of sp³-hybridized carbons (Fsp3) is 1.00. The molecule has 0 fully saturated rings. The molecule has 0 atom stereocenters. The molecule has 10 heteroatoms. The zero-order valence-electron chi connectivity index (χ0n) is 11.3.